The van der Waals surface area contributed by atoms with Gasteiger partial charge in [-0.25, -0.2) is 0 Å². The molecule has 0 fully saturated rings. The number of carbonyl (C=O) groups is 1. The normalized spacial score (nSPS) is 12.2. The molecule has 5 heteroatoms. The maximum absolute atomic E-state index is 11.9. The summed E-state index contributed by atoms with van der Waals surface area (Å²) in [7, 11) is 0. The van der Waals surface area contributed by atoms with E-state index < -0.39 is 0 Å². The van der Waals surface area contributed by atoms with Crippen LogP contribution in [0.5, 0.6) is 0 Å². The zero-order valence-corrected chi connectivity index (χ0v) is 13.4. The lowest BCUT2D eigenvalue weighted by molar-refractivity contribution is 0.0953. The Morgan fingerprint density at radius 3 is 2.88 bits per heavy atom. The molecule has 0 radical (unpaired) electrons. The Bertz CT molecular complexity index is 398. The van der Waals surface area contributed by atoms with Crippen LogP contribution in [-0.4, -0.2) is 17.3 Å². The van der Waals surface area contributed by atoms with Crippen molar-refractivity contribution in [1.29, 1.82) is 0 Å². The number of halogens is 3. The molecule has 1 aromatic carbocycles. The smallest absolute Gasteiger partial charge is 0.252 e. The van der Waals surface area contributed by atoms with Gasteiger partial charge in [-0.1, -0.05) is 40.9 Å². The molecule has 0 aromatic heterocycles. The number of hydrogen-bond donors (Lipinski definition) is 1. The van der Waals surface area contributed by atoms with Gasteiger partial charge >= 0.3 is 0 Å². The third kappa shape index (κ3) is 4.98. The Balaban J connectivity index is 2.61. The highest BCUT2D eigenvalue weighted by molar-refractivity contribution is 9.10. The molecule has 0 saturated heterocycles. The molecule has 0 aliphatic carbocycles. The van der Waals surface area contributed by atoms with E-state index in [1.165, 1.54) is 0 Å². The van der Waals surface area contributed by atoms with Gasteiger partial charge in [-0.15, -0.1) is 0 Å². The van der Waals surface area contributed by atoms with Gasteiger partial charge in [0.25, 0.3) is 5.91 Å². The van der Waals surface area contributed by atoms with Gasteiger partial charge in [0.15, 0.2) is 0 Å². The molecular weight excluding hydrogens is 369 g/mol. The minimum absolute atomic E-state index is 0.111. The molecule has 0 saturated carbocycles. The average molecular weight is 384 g/mol. The topological polar surface area (TPSA) is 29.1 Å². The lowest BCUT2D eigenvalue weighted by Crippen LogP contribution is -2.29. The summed E-state index contributed by atoms with van der Waals surface area (Å²) >= 11 is 12.7. The van der Waals surface area contributed by atoms with E-state index in [-0.39, 0.29) is 5.91 Å². The Kier molecular flexibility index (Phi) is 6.52. The van der Waals surface area contributed by atoms with Gasteiger partial charge in [0.2, 0.25) is 0 Å². The lowest BCUT2D eigenvalue weighted by Gasteiger charge is -2.11. The van der Waals surface area contributed by atoms with Crippen molar-refractivity contribution in [3.8, 4) is 0 Å². The lowest BCUT2D eigenvalue weighted by atomic mass is 10.2. The maximum atomic E-state index is 11.9. The van der Waals surface area contributed by atoms with E-state index in [2.05, 4.69) is 44.1 Å². The highest BCUT2D eigenvalue weighted by Gasteiger charge is 2.11. The highest BCUT2D eigenvalue weighted by Crippen LogP contribution is 2.21. The molecule has 1 N–H and O–H groups in total. The first-order valence-corrected chi connectivity index (χ1v) is 7.50. The molecule has 1 atom stereocenters. The van der Waals surface area contributed by atoms with Gasteiger partial charge in [-0.05, 0) is 40.5 Å². The van der Waals surface area contributed by atoms with Crippen molar-refractivity contribution in [2.45, 2.75) is 24.6 Å². The van der Waals surface area contributed by atoms with Crippen LogP contribution in [0.15, 0.2) is 22.7 Å². The summed E-state index contributed by atoms with van der Waals surface area (Å²) < 4.78 is 0.751. The first kappa shape index (κ1) is 15.0. The van der Waals surface area contributed by atoms with Crippen LogP contribution >= 0.6 is 43.5 Å². The van der Waals surface area contributed by atoms with Crippen LogP contribution in [0.3, 0.4) is 0 Å². The first-order valence-electron chi connectivity index (χ1n) is 5.42. The quantitative estimate of drug-likeness (QED) is 0.751. The van der Waals surface area contributed by atoms with E-state index in [1.807, 2.05) is 0 Å². The van der Waals surface area contributed by atoms with Crippen molar-refractivity contribution in [1.82, 2.24) is 5.32 Å². The van der Waals surface area contributed by atoms with E-state index >= 15 is 0 Å². The molecular formula is C12H14Br2ClNO. The summed E-state index contributed by atoms with van der Waals surface area (Å²) in [5, 5.41) is 3.43. The van der Waals surface area contributed by atoms with E-state index in [0.717, 1.165) is 17.3 Å². The zero-order valence-electron chi connectivity index (χ0n) is 9.47. The summed E-state index contributed by atoms with van der Waals surface area (Å²) in [4.78, 5) is 12.2. The largest absolute Gasteiger partial charge is 0.351 e. The first-order chi connectivity index (χ1) is 8.04. The third-order valence-electron chi connectivity index (χ3n) is 2.26. The fourth-order valence-electron chi connectivity index (χ4n) is 1.39. The number of benzene rings is 1. The number of hydrogen-bond acceptors (Lipinski definition) is 1. The molecule has 94 valence electrons. The van der Waals surface area contributed by atoms with Crippen LogP contribution in [0.25, 0.3) is 0 Å². The van der Waals surface area contributed by atoms with Crippen LogP contribution in [0.4, 0.5) is 0 Å². The van der Waals surface area contributed by atoms with Crippen LogP contribution in [0.1, 0.15) is 30.1 Å². The van der Waals surface area contributed by atoms with Gasteiger partial charge in [0, 0.05) is 20.9 Å². The molecule has 17 heavy (non-hydrogen) atoms. The highest BCUT2D eigenvalue weighted by atomic mass is 79.9. The second kappa shape index (κ2) is 7.39. The summed E-state index contributed by atoms with van der Waals surface area (Å²) in [5.41, 5.74) is 0.564. The van der Waals surface area contributed by atoms with Crippen molar-refractivity contribution >= 4 is 49.4 Å². The fraction of sp³-hybridized carbons (Fsp3) is 0.417. The standard InChI is InChI=1S/C12H14Br2ClNO/c1-2-3-8(13)7-16-12(17)10-6-9(15)4-5-11(10)14/h4-6,8H,2-3,7H2,1H3,(H,16,17). The minimum Gasteiger partial charge on any atom is -0.351 e. The predicted octanol–water partition coefficient (Wildman–Crippen LogP) is 4.40. The van der Waals surface area contributed by atoms with E-state index in [9.17, 15) is 4.79 Å². The molecule has 0 spiro atoms. The summed E-state index contributed by atoms with van der Waals surface area (Å²) in [6.45, 7) is 2.73. The Morgan fingerprint density at radius 1 is 1.53 bits per heavy atom. The van der Waals surface area contributed by atoms with Crippen molar-refractivity contribution in [3.05, 3.63) is 33.3 Å². The number of amides is 1. The fourth-order valence-corrected chi connectivity index (χ4v) is 2.60. The third-order valence-corrected chi connectivity index (χ3v) is 3.97. The Morgan fingerprint density at radius 2 is 2.24 bits per heavy atom. The van der Waals surface area contributed by atoms with Crippen molar-refractivity contribution in [2.75, 3.05) is 6.54 Å². The summed E-state index contributed by atoms with van der Waals surface area (Å²) in [6.07, 6.45) is 2.13. The van der Waals surface area contributed by atoms with Crippen LogP contribution in [-0.2, 0) is 0 Å². The second-order valence-corrected chi connectivity index (χ2v) is 6.31. The van der Waals surface area contributed by atoms with E-state index in [0.29, 0.717) is 22.0 Å². The van der Waals surface area contributed by atoms with E-state index in [1.54, 1.807) is 18.2 Å². The van der Waals surface area contributed by atoms with Gasteiger partial charge in [0.1, 0.15) is 0 Å². The second-order valence-electron chi connectivity index (χ2n) is 3.72. The molecule has 1 unspecified atom stereocenters. The van der Waals surface area contributed by atoms with Gasteiger partial charge in [0.05, 0.1) is 5.56 Å². The van der Waals surface area contributed by atoms with Crippen molar-refractivity contribution < 1.29 is 4.79 Å². The van der Waals surface area contributed by atoms with Crippen LogP contribution in [0, 0.1) is 0 Å². The minimum atomic E-state index is -0.111. The maximum Gasteiger partial charge on any atom is 0.252 e. The zero-order chi connectivity index (χ0) is 12.8. The van der Waals surface area contributed by atoms with Gasteiger partial charge < -0.3 is 5.32 Å². The van der Waals surface area contributed by atoms with Crippen molar-refractivity contribution in [2.24, 2.45) is 0 Å². The summed E-state index contributed by atoms with van der Waals surface area (Å²) in [6, 6.07) is 5.17. The molecule has 0 aliphatic heterocycles. The number of nitrogens with one attached hydrogen (secondary N) is 1. The van der Waals surface area contributed by atoms with Crippen LogP contribution < -0.4 is 5.32 Å². The average Bonchev–Trinajstić information content (AvgIpc) is 2.29. The SMILES string of the molecule is CCCC(Br)CNC(=O)c1cc(Cl)ccc1Br. The van der Waals surface area contributed by atoms with Crippen molar-refractivity contribution in [3.63, 3.8) is 0 Å². The molecule has 0 heterocycles. The Hall–Kier alpha value is -0.0600. The number of alkyl halides is 1. The van der Waals surface area contributed by atoms with Crippen LogP contribution in [0.2, 0.25) is 5.02 Å². The molecule has 1 aromatic rings. The summed E-state index contributed by atoms with van der Waals surface area (Å²) in [5.74, 6) is -0.111. The molecule has 1 amide bonds. The number of rotatable bonds is 5. The van der Waals surface area contributed by atoms with Gasteiger partial charge in [-0.3, -0.25) is 4.79 Å². The molecule has 0 aliphatic rings. The monoisotopic (exact) mass is 381 g/mol. The Labute approximate surface area is 123 Å². The molecule has 1 rings (SSSR count). The molecule has 0 bridgehead atoms. The van der Waals surface area contributed by atoms with E-state index in [4.69, 9.17) is 11.6 Å². The molecule has 2 nitrogen and oxygen atoms in total. The van der Waals surface area contributed by atoms with Gasteiger partial charge in [-0.2, -0.15) is 0 Å². The predicted molar refractivity (Wildman–Crippen MR) is 79.1 cm³/mol. The number of carbonyl (C=O) groups excluding carboxylic acids is 1.